The molecule has 0 spiro atoms. The molecule has 0 aliphatic carbocycles. The Morgan fingerprint density at radius 1 is 1.24 bits per heavy atom. The van der Waals surface area contributed by atoms with Crippen molar-refractivity contribution in [2.75, 3.05) is 26.9 Å². The number of aliphatic hydroxyl groups excluding tert-OH is 1. The van der Waals surface area contributed by atoms with Crippen LogP contribution < -0.4 is 4.74 Å². The average molecular weight is 452 g/mol. The maximum Gasteiger partial charge on any atom is 0.295 e. The molecule has 0 saturated carbocycles. The number of aliphatic hydroxyl groups is 1. The number of nitrogens with zero attached hydrogens (tertiary/aromatic N) is 2. The van der Waals surface area contributed by atoms with E-state index in [0.717, 1.165) is 0 Å². The third-order valence-electron chi connectivity index (χ3n) is 5.18. The minimum absolute atomic E-state index is 0.127. The molecule has 1 aliphatic heterocycles. The molecule has 1 amide bonds. The molecule has 1 saturated heterocycles. The van der Waals surface area contributed by atoms with E-state index in [1.807, 2.05) is 0 Å². The van der Waals surface area contributed by atoms with E-state index in [1.54, 1.807) is 36.4 Å². The molecular formula is C24H24N2O7. The number of ketones is 1. The molecular weight excluding hydrogens is 428 g/mol. The number of hydrogen-bond acceptors (Lipinski definition) is 7. The van der Waals surface area contributed by atoms with E-state index in [9.17, 15) is 24.8 Å². The third-order valence-corrected chi connectivity index (χ3v) is 5.18. The summed E-state index contributed by atoms with van der Waals surface area (Å²) in [7, 11) is 1.52. The van der Waals surface area contributed by atoms with Gasteiger partial charge < -0.3 is 19.5 Å². The smallest absolute Gasteiger partial charge is 0.295 e. The number of ether oxygens (including phenoxy) is 2. The summed E-state index contributed by atoms with van der Waals surface area (Å²) in [5, 5.41) is 22.3. The summed E-state index contributed by atoms with van der Waals surface area (Å²) < 4.78 is 10.5. The fourth-order valence-corrected chi connectivity index (χ4v) is 3.66. The summed E-state index contributed by atoms with van der Waals surface area (Å²) in [5.74, 6) is -1.46. The van der Waals surface area contributed by atoms with Crippen molar-refractivity contribution in [3.05, 3.63) is 88.0 Å². The van der Waals surface area contributed by atoms with Crippen molar-refractivity contribution >= 4 is 23.1 Å². The van der Waals surface area contributed by atoms with Gasteiger partial charge in [-0.05, 0) is 36.2 Å². The Morgan fingerprint density at radius 3 is 2.61 bits per heavy atom. The highest BCUT2D eigenvalue weighted by atomic mass is 16.6. The molecule has 0 aromatic heterocycles. The normalized spacial score (nSPS) is 17.2. The number of amides is 1. The van der Waals surface area contributed by atoms with Gasteiger partial charge in [0.1, 0.15) is 18.1 Å². The van der Waals surface area contributed by atoms with Crippen molar-refractivity contribution < 1.29 is 29.1 Å². The van der Waals surface area contributed by atoms with Gasteiger partial charge in [-0.25, -0.2) is 0 Å². The van der Waals surface area contributed by atoms with Gasteiger partial charge in [-0.2, -0.15) is 0 Å². The quantitative estimate of drug-likeness (QED) is 0.111. The van der Waals surface area contributed by atoms with Crippen LogP contribution in [0.2, 0.25) is 0 Å². The van der Waals surface area contributed by atoms with Crippen LogP contribution in [-0.4, -0.2) is 53.5 Å². The fraction of sp³-hybridized carbons (Fsp3) is 0.250. The van der Waals surface area contributed by atoms with E-state index in [2.05, 4.69) is 6.58 Å². The number of Topliss-reactive ketones (excluding diaryl/α,β-unsaturated/α-hetero) is 1. The van der Waals surface area contributed by atoms with Crippen LogP contribution in [0, 0.1) is 10.1 Å². The van der Waals surface area contributed by atoms with Crippen molar-refractivity contribution in [3.63, 3.8) is 0 Å². The minimum atomic E-state index is -0.974. The number of non-ortho nitro benzene ring substituents is 1. The maximum atomic E-state index is 13.0. The lowest BCUT2D eigenvalue weighted by Gasteiger charge is -2.25. The van der Waals surface area contributed by atoms with Crippen LogP contribution in [0.5, 0.6) is 5.75 Å². The highest BCUT2D eigenvalue weighted by Gasteiger charge is 2.46. The Kier molecular flexibility index (Phi) is 7.57. The Bertz CT molecular complexity index is 1090. The molecule has 172 valence electrons. The number of carbonyl (C=O) groups is 2. The zero-order chi connectivity index (χ0) is 24.0. The number of rotatable bonds is 10. The van der Waals surface area contributed by atoms with E-state index in [4.69, 9.17) is 9.47 Å². The summed E-state index contributed by atoms with van der Waals surface area (Å²) in [4.78, 5) is 37.9. The first-order chi connectivity index (χ1) is 15.9. The fourth-order valence-electron chi connectivity index (χ4n) is 3.66. The molecule has 1 N–H and O–H groups in total. The van der Waals surface area contributed by atoms with Crippen LogP contribution in [0.4, 0.5) is 5.69 Å². The molecule has 2 aromatic carbocycles. The first-order valence-electron chi connectivity index (χ1n) is 10.2. The van der Waals surface area contributed by atoms with Crippen molar-refractivity contribution in [2.45, 2.75) is 12.5 Å². The molecule has 1 heterocycles. The molecule has 2 aromatic rings. The molecule has 0 radical (unpaired) electrons. The Balaban J connectivity index is 2.08. The standard InChI is InChI=1S/C24H24N2O7/c1-3-13-33-19-10-8-16(9-11-19)22(27)20-21(17-6-4-7-18(15-17)26(30)31)25(12-5-14-32-2)24(29)23(20)28/h3-4,6-11,15,21,27H,1,5,12-14H2,2H3/t21-/m1/s1. The SMILES string of the molecule is C=CCOc1ccc(C(O)=C2C(=O)C(=O)N(CCCOC)[C@@H]2c2cccc([N+](=O)[O-])c2)cc1. The van der Waals surface area contributed by atoms with Gasteiger partial charge in [-0.1, -0.05) is 24.8 Å². The van der Waals surface area contributed by atoms with E-state index in [1.165, 1.54) is 30.2 Å². The van der Waals surface area contributed by atoms with Crippen LogP contribution in [0.25, 0.3) is 5.76 Å². The van der Waals surface area contributed by atoms with E-state index in [-0.39, 0.29) is 23.6 Å². The van der Waals surface area contributed by atoms with E-state index < -0.39 is 22.7 Å². The van der Waals surface area contributed by atoms with Gasteiger partial charge in [0.25, 0.3) is 17.4 Å². The molecule has 9 nitrogen and oxygen atoms in total. The van der Waals surface area contributed by atoms with Gasteiger partial charge in [0.15, 0.2) is 0 Å². The molecule has 33 heavy (non-hydrogen) atoms. The second kappa shape index (κ2) is 10.6. The summed E-state index contributed by atoms with van der Waals surface area (Å²) in [6, 6.07) is 11.1. The van der Waals surface area contributed by atoms with Crippen LogP contribution in [0.15, 0.2) is 66.8 Å². The Hall–Kier alpha value is -3.98. The van der Waals surface area contributed by atoms with Crippen molar-refractivity contribution in [1.29, 1.82) is 0 Å². The highest BCUT2D eigenvalue weighted by Crippen LogP contribution is 2.40. The van der Waals surface area contributed by atoms with Crippen molar-refractivity contribution in [2.24, 2.45) is 0 Å². The van der Waals surface area contributed by atoms with Gasteiger partial charge in [0.05, 0.1) is 16.5 Å². The van der Waals surface area contributed by atoms with Crippen LogP contribution in [-0.2, 0) is 14.3 Å². The number of carbonyl (C=O) groups excluding carboxylic acids is 2. The van der Waals surface area contributed by atoms with Crippen LogP contribution >= 0.6 is 0 Å². The largest absolute Gasteiger partial charge is 0.507 e. The predicted octanol–water partition coefficient (Wildman–Crippen LogP) is 3.62. The first kappa shape index (κ1) is 23.7. The monoisotopic (exact) mass is 452 g/mol. The maximum absolute atomic E-state index is 13.0. The summed E-state index contributed by atoms with van der Waals surface area (Å²) in [5.41, 5.74) is 0.357. The lowest BCUT2D eigenvalue weighted by Crippen LogP contribution is -2.31. The van der Waals surface area contributed by atoms with Gasteiger partial charge in [-0.3, -0.25) is 19.7 Å². The first-order valence-corrected chi connectivity index (χ1v) is 10.2. The number of nitro groups is 1. The zero-order valence-corrected chi connectivity index (χ0v) is 18.1. The van der Waals surface area contributed by atoms with Crippen LogP contribution in [0.3, 0.4) is 0 Å². The van der Waals surface area contributed by atoms with Gasteiger partial charge in [0, 0.05) is 38.0 Å². The van der Waals surface area contributed by atoms with E-state index >= 15 is 0 Å². The Labute approximate surface area is 190 Å². The zero-order valence-electron chi connectivity index (χ0n) is 18.1. The molecule has 1 aliphatic rings. The number of benzene rings is 2. The average Bonchev–Trinajstić information content (AvgIpc) is 3.08. The molecule has 0 unspecified atom stereocenters. The molecule has 9 heteroatoms. The molecule has 1 fully saturated rings. The molecule has 0 bridgehead atoms. The molecule has 3 rings (SSSR count). The summed E-state index contributed by atoms with van der Waals surface area (Å²) in [6.07, 6.45) is 2.04. The van der Waals surface area contributed by atoms with Gasteiger partial charge in [-0.15, -0.1) is 0 Å². The highest BCUT2D eigenvalue weighted by molar-refractivity contribution is 6.46. The van der Waals surface area contributed by atoms with E-state index in [0.29, 0.717) is 36.5 Å². The van der Waals surface area contributed by atoms with Crippen LogP contribution in [0.1, 0.15) is 23.6 Å². The molecule has 1 atom stereocenters. The second-order valence-corrected chi connectivity index (χ2v) is 7.31. The number of nitro benzene ring substituents is 1. The Morgan fingerprint density at radius 2 is 1.97 bits per heavy atom. The van der Waals surface area contributed by atoms with Gasteiger partial charge in [0.2, 0.25) is 0 Å². The summed E-state index contributed by atoms with van der Waals surface area (Å²) >= 11 is 0. The number of methoxy groups -OCH3 is 1. The summed E-state index contributed by atoms with van der Waals surface area (Å²) in [6.45, 7) is 4.43. The van der Waals surface area contributed by atoms with Crippen molar-refractivity contribution in [1.82, 2.24) is 4.90 Å². The topological polar surface area (TPSA) is 119 Å². The predicted molar refractivity (Wildman–Crippen MR) is 121 cm³/mol. The number of hydrogen-bond donors (Lipinski definition) is 1. The lowest BCUT2D eigenvalue weighted by molar-refractivity contribution is -0.384. The second-order valence-electron chi connectivity index (χ2n) is 7.31. The third kappa shape index (κ3) is 5.09. The minimum Gasteiger partial charge on any atom is -0.507 e. The van der Waals surface area contributed by atoms with Crippen molar-refractivity contribution in [3.8, 4) is 5.75 Å². The number of likely N-dealkylation sites (tertiary alicyclic amines) is 1. The lowest BCUT2D eigenvalue weighted by atomic mass is 9.95. The van der Waals surface area contributed by atoms with Gasteiger partial charge >= 0.3 is 0 Å².